The Morgan fingerprint density at radius 3 is 2.05 bits per heavy atom. The SMILES string of the molecule is CC(C)(C)C(=O)SCCOP(=O)(OCCSC(=O)C(C)(C)C)OC[C@@]1(CN)O[C@@H](n2ccc(=O)[nH]c2=O)[C@H](F)[C@@H]1O. The number of nitrogens with one attached hydrogen (secondary N) is 1. The Kier molecular flexibility index (Phi) is 12.6. The van der Waals surface area contributed by atoms with Crippen LogP contribution in [0.15, 0.2) is 21.9 Å². The van der Waals surface area contributed by atoms with Gasteiger partial charge in [-0.1, -0.05) is 65.1 Å². The molecular weight excluding hydrogens is 604 g/mol. The second-order valence-corrected chi connectivity index (χ2v) is 15.1. The molecule has 1 aliphatic heterocycles. The summed E-state index contributed by atoms with van der Waals surface area (Å²) in [4.78, 5) is 49.9. The van der Waals surface area contributed by atoms with E-state index in [0.29, 0.717) is 0 Å². The van der Waals surface area contributed by atoms with Crippen molar-refractivity contribution in [3.8, 4) is 0 Å². The van der Waals surface area contributed by atoms with Crippen LogP contribution in [-0.2, 0) is 32.5 Å². The summed E-state index contributed by atoms with van der Waals surface area (Å²) in [7, 11) is -4.42. The Bertz CT molecular complexity index is 1190. The van der Waals surface area contributed by atoms with Crippen molar-refractivity contribution in [1.29, 1.82) is 0 Å². The van der Waals surface area contributed by atoms with E-state index in [9.17, 15) is 28.8 Å². The fraction of sp³-hybridized carbons (Fsp3) is 0.750. The topological polar surface area (TPSA) is 189 Å². The smallest absolute Gasteiger partial charge is 0.387 e. The third-order valence-corrected chi connectivity index (χ3v) is 9.70. The van der Waals surface area contributed by atoms with Crippen LogP contribution in [0.3, 0.4) is 0 Å². The molecule has 0 amide bonds. The van der Waals surface area contributed by atoms with Crippen molar-refractivity contribution in [2.24, 2.45) is 16.6 Å². The highest BCUT2D eigenvalue weighted by atomic mass is 32.2. The summed E-state index contributed by atoms with van der Waals surface area (Å²) in [6, 6.07) is 0.976. The van der Waals surface area contributed by atoms with E-state index in [1.807, 2.05) is 4.98 Å². The molecule has 0 saturated carbocycles. The summed E-state index contributed by atoms with van der Waals surface area (Å²) in [5, 5.41) is 10.5. The number of thioether (sulfide) groups is 2. The lowest BCUT2D eigenvalue weighted by molar-refractivity contribution is -0.122. The van der Waals surface area contributed by atoms with Crippen molar-refractivity contribution >= 4 is 41.6 Å². The molecule has 0 aromatic carbocycles. The minimum atomic E-state index is -4.42. The standard InChI is InChI=1S/C24H39FN3O10PS2/c1-22(2,3)19(31)40-11-9-35-39(34,36-10-12-41-20(32)23(4,5)6)37-14-24(13-26)17(30)16(25)18(38-24)28-8-7-15(29)27-21(28)33/h7-8,16-18,30H,9-14,26H2,1-6H3,(H,27,29,33)/t16-,17+,18-,24-/m1/s1. The molecule has 234 valence electrons. The van der Waals surface area contributed by atoms with Gasteiger partial charge in [0.2, 0.25) is 0 Å². The summed E-state index contributed by atoms with van der Waals surface area (Å²) in [5.41, 5.74) is 0.941. The van der Waals surface area contributed by atoms with Crippen LogP contribution >= 0.6 is 31.3 Å². The predicted molar refractivity (Wildman–Crippen MR) is 153 cm³/mol. The summed E-state index contributed by atoms with van der Waals surface area (Å²) in [5.74, 6) is 0.240. The fourth-order valence-corrected chi connectivity index (χ4v) is 6.35. The van der Waals surface area contributed by atoms with Crippen molar-refractivity contribution in [3.63, 3.8) is 0 Å². The molecule has 1 aromatic rings. The number of nitrogens with two attached hydrogens (primary N) is 1. The Balaban J connectivity index is 2.16. The molecule has 1 aromatic heterocycles. The molecule has 1 fully saturated rings. The first-order valence-corrected chi connectivity index (χ1v) is 16.2. The molecule has 41 heavy (non-hydrogen) atoms. The molecule has 13 nitrogen and oxygen atoms in total. The van der Waals surface area contributed by atoms with Crippen LogP contribution in [0.25, 0.3) is 0 Å². The molecule has 2 heterocycles. The van der Waals surface area contributed by atoms with Crippen molar-refractivity contribution in [2.75, 3.05) is 37.9 Å². The van der Waals surface area contributed by atoms with E-state index < -0.39 is 67.2 Å². The van der Waals surface area contributed by atoms with Crippen LogP contribution in [0.5, 0.6) is 0 Å². The van der Waals surface area contributed by atoms with E-state index in [2.05, 4.69) is 0 Å². The van der Waals surface area contributed by atoms with Crippen LogP contribution in [0.1, 0.15) is 47.8 Å². The fourth-order valence-electron chi connectivity index (χ4n) is 3.31. The van der Waals surface area contributed by atoms with Crippen LogP contribution < -0.4 is 17.0 Å². The van der Waals surface area contributed by atoms with E-state index in [4.69, 9.17) is 24.0 Å². The zero-order valence-electron chi connectivity index (χ0n) is 23.9. The van der Waals surface area contributed by atoms with Gasteiger partial charge in [-0.05, 0) is 0 Å². The van der Waals surface area contributed by atoms with E-state index in [1.54, 1.807) is 41.5 Å². The van der Waals surface area contributed by atoms with Crippen molar-refractivity contribution in [2.45, 2.75) is 65.6 Å². The first-order chi connectivity index (χ1) is 18.8. The number of aliphatic hydroxyl groups excluding tert-OH is 1. The van der Waals surface area contributed by atoms with Gasteiger partial charge in [0.15, 0.2) is 22.6 Å². The third-order valence-electron chi connectivity index (χ3n) is 5.76. The lowest BCUT2D eigenvalue weighted by Crippen LogP contribution is -2.51. The van der Waals surface area contributed by atoms with Crippen LogP contribution in [0.4, 0.5) is 4.39 Å². The molecule has 1 aliphatic rings. The molecular formula is C24H39FN3O10PS2. The molecule has 4 N–H and O–H groups in total. The molecule has 1 saturated heterocycles. The van der Waals surface area contributed by atoms with Crippen LogP contribution in [-0.4, -0.2) is 80.6 Å². The highest BCUT2D eigenvalue weighted by Crippen LogP contribution is 2.51. The van der Waals surface area contributed by atoms with Crippen LogP contribution in [0.2, 0.25) is 0 Å². The number of H-pyrrole nitrogens is 1. The van der Waals surface area contributed by atoms with E-state index in [-0.39, 0.29) is 35.0 Å². The number of carbonyl (C=O) groups excluding carboxylic acids is 2. The van der Waals surface area contributed by atoms with Gasteiger partial charge in [-0.2, -0.15) is 0 Å². The number of aromatic amines is 1. The number of nitrogens with zero attached hydrogens (tertiary/aromatic N) is 1. The quantitative estimate of drug-likeness (QED) is 0.210. The van der Waals surface area contributed by atoms with Gasteiger partial charge in [-0.15, -0.1) is 0 Å². The van der Waals surface area contributed by atoms with Gasteiger partial charge in [-0.25, -0.2) is 13.8 Å². The molecule has 17 heteroatoms. The van der Waals surface area contributed by atoms with Gasteiger partial charge >= 0.3 is 13.5 Å². The largest absolute Gasteiger partial charge is 0.474 e. The maximum Gasteiger partial charge on any atom is 0.474 e. The zero-order valence-corrected chi connectivity index (χ0v) is 26.4. The average molecular weight is 644 g/mol. The van der Waals surface area contributed by atoms with E-state index in [1.165, 1.54) is 0 Å². The van der Waals surface area contributed by atoms with Crippen molar-refractivity contribution in [1.82, 2.24) is 9.55 Å². The van der Waals surface area contributed by atoms with Crippen LogP contribution in [0, 0.1) is 10.8 Å². The maximum atomic E-state index is 15.2. The molecule has 0 radical (unpaired) electrons. The highest BCUT2D eigenvalue weighted by Gasteiger charge is 2.56. The Labute approximate surface area is 246 Å². The number of phosphoric ester groups is 1. The molecule has 4 atom stereocenters. The molecule has 0 bridgehead atoms. The normalized spacial score (nSPS) is 23.6. The van der Waals surface area contributed by atoms with Gasteiger partial charge in [-0.3, -0.25) is 37.5 Å². The Morgan fingerprint density at radius 2 is 1.61 bits per heavy atom. The van der Waals surface area contributed by atoms with E-state index >= 15 is 4.39 Å². The number of hydrogen-bond donors (Lipinski definition) is 3. The third kappa shape index (κ3) is 9.83. The lowest BCUT2D eigenvalue weighted by atomic mass is 9.97. The number of ether oxygens (including phenoxy) is 1. The first kappa shape index (κ1) is 35.8. The summed E-state index contributed by atoms with van der Waals surface area (Å²) in [6.07, 6.45) is -4.78. The second kappa shape index (κ2) is 14.4. The monoisotopic (exact) mass is 643 g/mol. The van der Waals surface area contributed by atoms with Gasteiger partial charge < -0.3 is 15.6 Å². The van der Waals surface area contributed by atoms with Crippen molar-refractivity contribution < 1.29 is 42.0 Å². The number of phosphoric acid groups is 1. The number of halogens is 1. The number of hydrogen-bond acceptors (Lipinski definition) is 13. The summed E-state index contributed by atoms with van der Waals surface area (Å²) in [6.45, 7) is 8.78. The highest BCUT2D eigenvalue weighted by molar-refractivity contribution is 8.14. The van der Waals surface area contributed by atoms with Crippen molar-refractivity contribution in [3.05, 3.63) is 33.1 Å². The minimum Gasteiger partial charge on any atom is -0.387 e. The molecule has 0 spiro atoms. The van der Waals surface area contributed by atoms with E-state index in [0.717, 1.165) is 40.4 Å². The summed E-state index contributed by atoms with van der Waals surface area (Å²) < 4.78 is 51.3. The zero-order chi connectivity index (χ0) is 31.2. The maximum absolute atomic E-state index is 15.2. The lowest BCUT2D eigenvalue weighted by Gasteiger charge is -2.31. The Hall–Kier alpha value is -1.36. The van der Waals surface area contributed by atoms with Gasteiger partial charge in [0, 0.05) is 41.1 Å². The average Bonchev–Trinajstić information content (AvgIpc) is 3.12. The number of aromatic nitrogens is 2. The minimum absolute atomic E-state index is 0.114. The molecule has 0 aliphatic carbocycles. The second-order valence-electron chi connectivity index (χ2n) is 11.3. The first-order valence-electron chi connectivity index (χ1n) is 12.7. The Morgan fingerprint density at radius 1 is 1.10 bits per heavy atom. The van der Waals surface area contributed by atoms with Gasteiger partial charge in [0.1, 0.15) is 11.7 Å². The number of rotatable bonds is 13. The number of carbonyl (C=O) groups is 2. The number of alkyl halides is 1. The molecule has 0 unspecified atom stereocenters. The van der Waals surface area contributed by atoms with Gasteiger partial charge in [0.05, 0.1) is 19.8 Å². The predicted octanol–water partition coefficient (Wildman–Crippen LogP) is 2.23. The molecule has 2 rings (SSSR count). The van der Waals surface area contributed by atoms with Gasteiger partial charge in [0.25, 0.3) is 5.56 Å². The summed E-state index contributed by atoms with van der Waals surface area (Å²) >= 11 is 1.94. The number of aliphatic hydroxyl groups is 1.